The molecule has 1 heteroatoms. The molecule has 2 unspecified atom stereocenters. The first kappa shape index (κ1) is 7.29. The standard InChI is InChI=1S/C9H12O/c1-2-5-8-6-3-4-7-9(8)10/h2-4,6-10H,1,5H2. The Hall–Kier alpha value is -0.820. The molecule has 1 nitrogen and oxygen atoms in total. The molecule has 0 fully saturated rings. The van der Waals surface area contributed by atoms with Crippen molar-refractivity contribution in [2.24, 2.45) is 5.92 Å². The minimum Gasteiger partial charge on any atom is -0.388 e. The molecule has 0 amide bonds. The fourth-order valence-electron chi connectivity index (χ4n) is 1.05. The Labute approximate surface area is 61.4 Å². The number of hydrogen-bond acceptors (Lipinski definition) is 1. The molecule has 1 aliphatic rings. The SMILES string of the molecule is C=CCC1C=CC=CC1O. The Balaban J connectivity index is 2.52. The van der Waals surface area contributed by atoms with Crippen LogP contribution in [0.1, 0.15) is 6.42 Å². The average Bonchev–Trinajstić information content (AvgIpc) is 1.94. The van der Waals surface area contributed by atoms with Gasteiger partial charge in [-0.05, 0) is 6.42 Å². The Morgan fingerprint density at radius 2 is 2.10 bits per heavy atom. The number of rotatable bonds is 2. The second-order valence-electron chi connectivity index (χ2n) is 2.45. The fourth-order valence-corrected chi connectivity index (χ4v) is 1.05. The van der Waals surface area contributed by atoms with Gasteiger partial charge in [-0.2, -0.15) is 0 Å². The van der Waals surface area contributed by atoms with Gasteiger partial charge in [0, 0.05) is 5.92 Å². The van der Waals surface area contributed by atoms with Crippen LogP contribution in [-0.4, -0.2) is 11.2 Å². The van der Waals surface area contributed by atoms with Crippen LogP contribution in [0.15, 0.2) is 37.0 Å². The van der Waals surface area contributed by atoms with E-state index in [9.17, 15) is 5.11 Å². The third-order valence-corrected chi connectivity index (χ3v) is 1.66. The quantitative estimate of drug-likeness (QED) is 0.572. The summed E-state index contributed by atoms with van der Waals surface area (Å²) in [6.45, 7) is 3.62. The molecule has 0 saturated carbocycles. The summed E-state index contributed by atoms with van der Waals surface area (Å²) in [6, 6.07) is 0. The highest BCUT2D eigenvalue weighted by atomic mass is 16.3. The van der Waals surface area contributed by atoms with E-state index in [1.807, 2.05) is 24.3 Å². The number of hydrogen-bond donors (Lipinski definition) is 1. The molecule has 0 heterocycles. The van der Waals surface area contributed by atoms with Crippen LogP contribution in [0.25, 0.3) is 0 Å². The van der Waals surface area contributed by atoms with Crippen molar-refractivity contribution < 1.29 is 5.11 Å². The highest BCUT2D eigenvalue weighted by molar-refractivity contribution is 5.15. The van der Waals surface area contributed by atoms with Gasteiger partial charge in [-0.25, -0.2) is 0 Å². The first-order valence-corrected chi connectivity index (χ1v) is 3.48. The maximum atomic E-state index is 9.31. The van der Waals surface area contributed by atoms with E-state index in [0.717, 1.165) is 6.42 Å². The largest absolute Gasteiger partial charge is 0.388 e. The van der Waals surface area contributed by atoms with Gasteiger partial charge in [0.05, 0.1) is 6.10 Å². The molecule has 0 spiro atoms. The molecule has 0 radical (unpaired) electrons. The first-order chi connectivity index (χ1) is 4.84. The van der Waals surface area contributed by atoms with Gasteiger partial charge in [0.1, 0.15) is 0 Å². The summed E-state index contributed by atoms with van der Waals surface area (Å²) in [5.41, 5.74) is 0. The Morgan fingerprint density at radius 1 is 1.40 bits per heavy atom. The van der Waals surface area contributed by atoms with Gasteiger partial charge in [0.2, 0.25) is 0 Å². The fraction of sp³-hybridized carbons (Fsp3) is 0.333. The van der Waals surface area contributed by atoms with Gasteiger partial charge in [-0.1, -0.05) is 30.4 Å². The summed E-state index contributed by atoms with van der Waals surface area (Å²) in [6.07, 6.45) is 9.99. The van der Waals surface area contributed by atoms with Gasteiger partial charge in [-0.3, -0.25) is 0 Å². The van der Waals surface area contributed by atoms with Gasteiger partial charge in [0.15, 0.2) is 0 Å². The molecule has 0 bridgehead atoms. The van der Waals surface area contributed by atoms with Crippen LogP contribution in [0, 0.1) is 5.92 Å². The third-order valence-electron chi connectivity index (χ3n) is 1.66. The second-order valence-corrected chi connectivity index (χ2v) is 2.45. The molecule has 54 valence electrons. The van der Waals surface area contributed by atoms with Crippen molar-refractivity contribution in [1.82, 2.24) is 0 Å². The molecule has 0 aromatic heterocycles. The Morgan fingerprint density at radius 3 is 2.70 bits per heavy atom. The molecule has 1 rings (SSSR count). The third kappa shape index (κ3) is 1.58. The van der Waals surface area contributed by atoms with E-state index in [2.05, 4.69) is 6.58 Å². The van der Waals surface area contributed by atoms with Crippen LogP contribution in [0.3, 0.4) is 0 Å². The highest BCUT2D eigenvalue weighted by Gasteiger charge is 2.12. The van der Waals surface area contributed by atoms with Gasteiger partial charge < -0.3 is 5.11 Å². The van der Waals surface area contributed by atoms with E-state index in [1.165, 1.54) is 0 Å². The first-order valence-electron chi connectivity index (χ1n) is 3.48. The van der Waals surface area contributed by atoms with E-state index >= 15 is 0 Å². The topological polar surface area (TPSA) is 20.2 Å². The molecule has 10 heavy (non-hydrogen) atoms. The maximum Gasteiger partial charge on any atom is 0.0789 e. The van der Waals surface area contributed by atoms with Crippen LogP contribution >= 0.6 is 0 Å². The second kappa shape index (κ2) is 3.37. The van der Waals surface area contributed by atoms with E-state index in [0.29, 0.717) is 0 Å². The molecule has 0 saturated heterocycles. The molecular weight excluding hydrogens is 124 g/mol. The van der Waals surface area contributed by atoms with Crippen molar-refractivity contribution in [3.8, 4) is 0 Å². The van der Waals surface area contributed by atoms with Crippen molar-refractivity contribution in [1.29, 1.82) is 0 Å². The summed E-state index contributed by atoms with van der Waals surface area (Å²) in [5.74, 6) is 0.238. The van der Waals surface area contributed by atoms with Crippen LogP contribution in [0.2, 0.25) is 0 Å². The molecule has 2 atom stereocenters. The Bertz CT molecular complexity index is 168. The molecule has 0 aromatic carbocycles. The van der Waals surface area contributed by atoms with Crippen molar-refractivity contribution in [3.63, 3.8) is 0 Å². The summed E-state index contributed by atoms with van der Waals surface area (Å²) < 4.78 is 0. The number of allylic oxidation sites excluding steroid dienone is 3. The number of aliphatic hydroxyl groups excluding tert-OH is 1. The van der Waals surface area contributed by atoms with E-state index in [4.69, 9.17) is 0 Å². The zero-order valence-electron chi connectivity index (χ0n) is 5.90. The summed E-state index contributed by atoms with van der Waals surface area (Å²) in [4.78, 5) is 0. The van der Waals surface area contributed by atoms with Crippen molar-refractivity contribution in [2.75, 3.05) is 0 Å². The monoisotopic (exact) mass is 136 g/mol. The van der Waals surface area contributed by atoms with E-state index in [-0.39, 0.29) is 12.0 Å². The minimum absolute atomic E-state index is 0.238. The molecule has 0 aromatic rings. The summed E-state index contributed by atoms with van der Waals surface area (Å²) in [5, 5.41) is 9.31. The average molecular weight is 136 g/mol. The predicted octanol–water partition coefficient (Wildman–Crippen LogP) is 1.67. The summed E-state index contributed by atoms with van der Waals surface area (Å²) >= 11 is 0. The van der Waals surface area contributed by atoms with Gasteiger partial charge in [-0.15, -0.1) is 6.58 Å². The smallest absolute Gasteiger partial charge is 0.0789 e. The lowest BCUT2D eigenvalue weighted by Crippen LogP contribution is -2.16. The zero-order chi connectivity index (χ0) is 7.40. The zero-order valence-corrected chi connectivity index (χ0v) is 5.90. The van der Waals surface area contributed by atoms with Crippen LogP contribution in [0.5, 0.6) is 0 Å². The minimum atomic E-state index is -0.317. The van der Waals surface area contributed by atoms with Crippen molar-refractivity contribution in [3.05, 3.63) is 37.0 Å². The van der Waals surface area contributed by atoms with Crippen molar-refractivity contribution in [2.45, 2.75) is 12.5 Å². The molecule has 1 aliphatic carbocycles. The summed E-state index contributed by atoms with van der Waals surface area (Å²) in [7, 11) is 0. The van der Waals surface area contributed by atoms with Gasteiger partial charge >= 0.3 is 0 Å². The van der Waals surface area contributed by atoms with E-state index in [1.54, 1.807) is 6.08 Å². The lowest BCUT2D eigenvalue weighted by Gasteiger charge is -2.16. The highest BCUT2D eigenvalue weighted by Crippen LogP contribution is 2.16. The maximum absolute atomic E-state index is 9.31. The van der Waals surface area contributed by atoms with Crippen LogP contribution in [0.4, 0.5) is 0 Å². The van der Waals surface area contributed by atoms with E-state index < -0.39 is 0 Å². The molecular formula is C9H12O. The molecule has 0 aliphatic heterocycles. The lowest BCUT2D eigenvalue weighted by atomic mass is 9.95. The molecule has 1 N–H and O–H groups in total. The predicted molar refractivity (Wildman–Crippen MR) is 42.6 cm³/mol. The normalized spacial score (nSPS) is 30.5. The number of aliphatic hydroxyl groups is 1. The van der Waals surface area contributed by atoms with Crippen molar-refractivity contribution >= 4 is 0 Å². The van der Waals surface area contributed by atoms with Crippen LogP contribution in [-0.2, 0) is 0 Å². The lowest BCUT2D eigenvalue weighted by molar-refractivity contribution is 0.176. The van der Waals surface area contributed by atoms with Gasteiger partial charge in [0.25, 0.3) is 0 Å². The Kier molecular flexibility index (Phi) is 2.46. The van der Waals surface area contributed by atoms with Crippen LogP contribution < -0.4 is 0 Å².